The number of anilines is 2. The van der Waals surface area contributed by atoms with E-state index in [1.54, 1.807) is 12.3 Å². The minimum atomic E-state index is -0.411. The van der Waals surface area contributed by atoms with E-state index in [-0.39, 0.29) is 11.5 Å². The Labute approximate surface area is 176 Å². The first-order chi connectivity index (χ1) is 14.1. The van der Waals surface area contributed by atoms with Gasteiger partial charge in [0.05, 0.1) is 25.3 Å². The summed E-state index contributed by atoms with van der Waals surface area (Å²) < 4.78 is 9.24. The quantitative estimate of drug-likeness (QED) is 0.736. The summed E-state index contributed by atoms with van der Waals surface area (Å²) in [6.45, 7) is 8.10. The van der Waals surface area contributed by atoms with Crippen LogP contribution in [0, 0.1) is 0 Å². The largest absolute Gasteiger partial charge is 0.465 e. The van der Waals surface area contributed by atoms with Crippen LogP contribution in [0.1, 0.15) is 59.5 Å². The first-order valence-electron chi connectivity index (χ1n) is 9.40. The molecule has 0 fully saturated rings. The molecule has 1 aliphatic rings. The molecule has 3 heterocycles. The number of methoxy groups -OCH3 is 2. The highest BCUT2D eigenvalue weighted by Crippen LogP contribution is 2.30. The van der Waals surface area contributed by atoms with Gasteiger partial charge in [-0.2, -0.15) is 0 Å². The smallest absolute Gasteiger partial charge is 0.339 e. The van der Waals surface area contributed by atoms with Crippen LogP contribution >= 0.6 is 0 Å². The SMILES string of the molecule is COC(=O)c1cnc(N)c(C=C(C)C)c1.COC(=O)c1cnc2c(c1)CC(C)(C)N2. The zero-order valence-corrected chi connectivity index (χ0v) is 18.2. The molecule has 30 heavy (non-hydrogen) atoms. The fourth-order valence-electron chi connectivity index (χ4n) is 2.98. The highest BCUT2D eigenvalue weighted by Gasteiger charge is 2.29. The second kappa shape index (κ2) is 9.39. The van der Waals surface area contributed by atoms with Gasteiger partial charge in [0.15, 0.2) is 0 Å². The van der Waals surface area contributed by atoms with Gasteiger partial charge >= 0.3 is 11.9 Å². The summed E-state index contributed by atoms with van der Waals surface area (Å²) >= 11 is 0. The Kier molecular flexibility index (Phi) is 7.15. The van der Waals surface area contributed by atoms with Gasteiger partial charge in [-0.3, -0.25) is 0 Å². The monoisotopic (exact) mass is 412 g/mol. The van der Waals surface area contributed by atoms with Gasteiger partial charge in [-0.25, -0.2) is 19.6 Å². The van der Waals surface area contributed by atoms with E-state index in [0.717, 1.165) is 28.9 Å². The summed E-state index contributed by atoms with van der Waals surface area (Å²) in [4.78, 5) is 30.7. The van der Waals surface area contributed by atoms with E-state index in [9.17, 15) is 9.59 Å². The third-order valence-corrected chi connectivity index (χ3v) is 4.29. The molecule has 0 amide bonds. The maximum Gasteiger partial charge on any atom is 0.339 e. The predicted octanol–water partition coefficient (Wildman–Crippen LogP) is 3.49. The van der Waals surface area contributed by atoms with Gasteiger partial charge in [0.1, 0.15) is 11.6 Å². The summed E-state index contributed by atoms with van der Waals surface area (Å²) in [6, 6.07) is 3.51. The van der Waals surface area contributed by atoms with Gasteiger partial charge < -0.3 is 20.5 Å². The van der Waals surface area contributed by atoms with Crippen molar-refractivity contribution in [2.24, 2.45) is 0 Å². The van der Waals surface area contributed by atoms with Crippen molar-refractivity contribution >= 4 is 29.7 Å². The van der Waals surface area contributed by atoms with E-state index in [2.05, 4.69) is 38.6 Å². The molecule has 3 N–H and O–H groups in total. The standard InChI is InChI=1S/2C11H14N2O2/c1-11(2)5-7-4-8(10(14)15-3)6-12-9(7)13-11;1-7(2)4-8-5-9(11(14)15-3)6-13-10(8)12/h4,6H,5H2,1-3H3,(H,12,13);4-6H,1-3H3,(H2,12,13). The first-order valence-corrected chi connectivity index (χ1v) is 9.40. The maximum atomic E-state index is 11.3. The number of aromatic nitrogens is 2. The van der Waals surface area contributed by atoms with E-state index < -0.39 is 5.97 Å². The molecular weight excluding hydrogens is 384 g/mol. The number of nitrogen functional groups attached to an aromatic ring is 1. The summed E-state index contributed by atoms with van der Waals surface area (Å²) in [6.07, 6.45) is 5.69. The van der Waals surface area contributed by atoms with Gasteiger partial charge in [0.25, 0.3) is 0 Å². The van der Waals surface area contributed by atoms with Crippen LogP contribution in [0.2, 0.25) is 0 Å². The lowest BCUT2D eigenvalue weighted by atomic mass is 10.0. The molecule has 2 aromatic rings. The van der Waals surface area contributed by atoms with E-state index >= 15 is 0 Å². The van der Waals surface area contributed by atoms with Crippen LogP contribution in [0.4, 0.5) is 11.6 Å². The molecule has 8 nitrogen and oxygen atoms in total. The van der Waals surface area contributed by atoms with E-state index in [4.69, 9.17) is 5.73 Å². The number of allylic oxidation sites excluding steroid dienone is 1. The lowest BCUT2D eigenvalue weighted by Crippen LogP contribution is -2.27. The van der Waals surface area contributed by atoms with Crippen molar-refractivity contribution in [3.05, 3.63) is 52.4 Å². The summed E-state index contributed by atoms with van der Waals surface area (Å²) in [5.74, 6) is 0.525. The molecule has 0 spiro atoms. The van der Waals surface area contributed by atoms with Crippen molar-refractivity contribution in [2.75, 3.05) is 25.3 Å². The number of pyridine rings is 2. The van der Waals surface area contributed by atoms with Gasteiger partial charge in [0.2, 0.25) is 0 Å². The summed E-state index contributed by atoms with van der Waals surface area (Å²) in [5.41, 5.74) is 9.50. The number of esters is 2. The minimum absolute atomic E-state index is 0.0179. The molecule has 3 rings (SSSR count). The maximum absolute atomic E-state index is 11.3. The Morgan fingerprint density at radius 1 is 1.07 bits per heavy atom. The predicted molar refractivity (Wildman–Crippen MR) is 116 cm³/mol. The molecule has 0 aliphatic carbocycles. The number of carbonyl (C=O) groups excluding carboxylic acids is 2. The molecule has 2 aromatic heterocycles. The van der Waals surface area contributed by atoms with Crippen molar-refractivity contribution in [2.45, 2.75) is 39.7 Å². The van der Waals surface area contributed by atoms with Crippen LogP contribution in [0.5, 0.6) is 0 Å². The Morgan fingerprint density at radius 2 is 1.63 bits per heavy atom. The second-order valence-electron chi connectivity index (χ2n) is 7.82. The molecule has 160 valence electrons. The topological polar surface area (TPSA) is 116 Å². The number of hydrogen-bond acceptors (Lipinski definition) is 8. The Morgan fingerprint density at radius 3 is 2.20 bits per heavy atom. The molecule has 0 atom stereocenters. The number of nitrogens with zero attached hydrogens (tertiary/aromatic N) is 2. The molecule has 1 aliphatic heterocycles. The van der Waals surface area contributed by atoms with E-state index in [1.807, 2.05) is 26.0 Å². The molecule has 0 bridgehead atoms. The van der Waals surface area contributed by atoms with Crippen molar-refractivity contribution in [1.82, 2.24) is 9.97 Å². The van der Waals surface area contributed by atoms with Crippen molar-refractivity contribution in [3.63, 3.8) is 0 Å². The van der Waals surface area contributed by atoms with Crippen LogP contribution in [-0.4, -0.2) is 41.7 Å². The van der Waals surface area contributed by atoms with Crippen LogP contribution in [0.3, 0.4) is 0 Å². The zero-order chi connectivity index (χ0) is 22.5. The second-order valence-corrected chi connectivity index (χ2v) is 7.82. The average Bonchev–Trinajstić information content (AvgIpc) is 3.01. The lowest BCUT2D eigenvalue weighted by molar-refractivity contribution is 0.0591. The van der Waals surface area contributed by atoms with Crippen LogP contribution in [0.15, 0.2) is 30.1 Å². The van der Waals surface area contributed by atoms with Crippen molar-refractivity contribution in [3.8, 4) is 0 Å². The number of ether oxygens (including phenoxy) is 2. The molecule has 0 saturated heterocycles. The van der Waals surface area contributed by atoms with Crippen LogP contribution < -0.4 is 11.1 Å². The first kappa shape index (κ1) is 22.9. The van der Waals surface area contributed by atoms with Crippen molar-refractivity contribution in [1.29, 1.82) is 0 Å². The number of carbonyl (C=O) groups is 2. The van der Waals surface area contributed by atoms with Gasteiger partial charge in [-0.15, -0.1) is 0 Å². The Bertz CT molecular complexity index is 979. The molecular formula is C22H28N4O4. The molecule has 0 radical (unpaired) electrons. The number of hydrogen-bond donors (Lipinski definition) is 2. The molecule has 0 unspecified atom stereocenters. The van der Waals surface area contributed by atoms with E-state index in [1.165, 1.54) is 20.4 Å². The van der Waals surface area contributed by atoms with Crippen molar-refractivity contribution < 1.29 is 19.1 Å². The fraction of sp³-hybridized carbons (Fsp3) is 0.364. The zero-order valence-electron chi connectivity index (χ0n) is 18.2. The highest BCUT2D eigenvalue weighted by molar-refractivity contribution is 5.90. The van der Waals surface area contributed by atoms with Gasteiger partial charge in [-0.05, 0) is 51.8 Å². The highest BCUT2D eigenvalue weighted by atomic mass is 16.5. The summed E-state index contributed by atoms with van der Waals surface area (Å²) in [7, 11) is 2.71. The Hall–Kier alpha value is -3.42. The van der Waals surface area contributed by atoms with Gasteiger partial charge in [-0.1, -0.05) is 11.6 Å². The summed E-state index contributed by atoms with van der Waals surface area (Å²) in [5, 5.41) is 3.29. The molecule has 0 aromatic carbocycles. The fourth-order valence-corrected chi connectivity index (χ4v) is 2.98. The van der Waals surface area contributed by atoms with Crippen LogP contribution in [0.25, 0.3) is 6.08 Å². The van der Waals surface area contributed by atoms with Crippen LogP contribution in [-0.2, 0) is 15.9 Å². The number of rotatable bonds is 3. The number of nitrogens with one attached hydrogen (secondary N) is 1. The molecule has 0 saturated carbocycles. The lowest BCUT2D eigenvalue weighted by Gasteiger charge is -2.17. The number of fused-ring (bicyclic) bond motifs is 1. The minimum Gasteiger partial charge on any atom is -0.465 e. The average molecular weight is 412 g/mol. The third-order valence-electron chi connectivity index (χ3n) is 4.29. The third kappa shape index (κ3) is 5.79. The van der Waals surface area contributed by atoms with Gasteiger partial charge in [0, 0.05) is 23.5 Å². The normalized spacial score (nSPS) is 13.1. The number of nitrogens with two attached hydrogens (primary N) is 1. The molecule has 8 heteroatoms. The van der Waals surface area contributed by atoms with E-state index in [0.29, 0.717) is 16.9 Å². The Balaban J connectivity index is 0.000000214.